The molecule has 0 saturated carbocycles. The second-order valence-corrected chi connectivity index (χ2v) is 9.65. The number of Topliss-reactive ketones (excluding diaryl/α,β-unsaturated/α-hetero) is 1. The van der Waals surface area contributed by atoms with E-state index in [0.29, 0.717) is 40.5 Å². The number of ketones is 1. The van der Waals surface area contributed by atoms with Crippen molar-refractivity contribution in [3.8, 4) is 17.2 Å². The molecule has 1 aliphatic rings. The summed E-state index contributed by atoms with van der Waals surface area (Å²) in [5, 5.41) is 11.6. The molecule has 208 valence electrons. The summed E-state index contributed by atoms with van der Waals surface area (Å²) in [6.45, 7) is 2.34. The van der Waals surface area contributed by atoms with Crippen LogP contribution in [-0.4, -0.2) is 40.9 Å². The molecule has 5 rings (SSSR count). The Morgan fingerprint density at radius 2 is 1.66 bits per heavy atom. The van der Waals surface area contributed by atoms with E-state index in [4.69, 9.17) is 14.2 Å². The molecule has 0 radical (unpaired) electrons. The highest BCUT2D eigenvalue weighted by atomic mass is 16.5. The maximum Gasteiger partial charge on any atom is 0.295 e. The van der Waals surface area contributed by atoms with Gasteiger partial charge in [-0.3, -0.25) is 14.6 Å². The minimum absolute atomic E-state index is 0.00726. The molecular formula is C33H30N2O6. The van der Waals surface area contributed by atoms with Crippen molar-refractivity contribution < 1.29 is 28.9 Å². The van der Waals surface area contributed by atoms with E-state index in [0.717, 1.165) is 11.1 Å². The van der Waals surface area contributed by atoms with Gasteiger partial charge in [0.15, 0.2) is 11.5 Å². The number of ether oxygens (including phenoxy) is 3. The number of amides is 1. The van der Waals surface area contributed by atoms with Crippen LogP contribution in [0.25, 0.3) is 5.76 Å². The number of hydrogen-bond donors (Lipinski definition) is 1. The van der Waals surface area contributed by atoms with Crippen molar-refractivity contribution in [2.24, 2.45) is 0 Å². The van der Waals surface area contributed by atoms with Gasteiger partial charge >= 0.3 is 0 Å². The molecule has 1 atom stereocenters. The molecule has 1 aliphatic heterocycles. The van der Waals surface area contributed by atoms with Crippen LogP contribution in [0.15, 0.2) is 96.8 Å². The minimum atomic E-state index is -0.872. The van der Waals surface area contributed by atoms with Crippen LogP contribution in [0.2, 0.25) is 0 Å². The normalized spacial score (nSPS) is 16.1. The van der Waals surface area contributed by atoms with Crippen LogP contribution >= 0.6 is 0 Å². The Kier molecular flexibility index (Phi) is 8.01. The lowest BCUT2D eigenvalue weighted by Crippen LogP contribution is -2.29. The average Bonchev–Trinajstić information content (AvgIpc) is 3.25. The number of aliphatic hydroxyl groups is 1. The van der Waals surface area contributed by atoms with Gasteiger partial charge in [0.25, 0.3) is 11.7 Å². The fraction of sp³-hybridized carbons (Fsp3) is 0.182. The molecule has 8 heteroatoms. The smallest absolute Gasteiger partial charge is 0.295 e. The lowest BCUT2D eigenvalue weighted by Gasteiger charge is -2.26. The van der Waals surface area contributed by atoms with Gasteiger partial charge < -0.3 is 24.2 Å². The number of carbonyl (C=O) groups excluding carboxylic acids is 2. The molecule has 1 N–H and O–H groups in total. The van der Waals surface area contributed by atoms with Gasteiger partial charge in [-0.1, -0.05) is 42.5 Å². The van der Waals surface area contributed by atoms with Gasteiger partial charge in [0, 0.05) is 24.5 Å². The van der Waals surface area contributed by atoms with Gasteiger partial charge in [0.1, 0.15) is 18.1 Å². The number of benzene rings is 3. The van der Waals surface area contributed by atoms with E-state index in [9.17, 15) is 14.7 Å². The van der Waals surface area contributed by atoms with Gasteiger partial charge in [0.05, 0.1) is 25.8 Å². The highest BCUT2D eigenvalue weighted by molar-refractivity contribution is 6.46. The molecule has 41 heavy (non-hydrogen) atoms. The molecule has 8 nitrogen and oxygen atoms in total. The molecule has 1 saturated heterocycles. The number of aromatic nitrogens is 1. The Balaban J connectivity index is 1.56. The summed E-state index contributed by atoms with van der Waals surface area (Å²) < 4.78 is 16.8. The number of rotatable bonds is 9. The first kappa shape index (κ1) is 27.5. The van der Waals surface area contributed by atoms with Crippen molar-refractivity contribution in [2.45, 2.75) is 26.1 Å². The fourth-order valence-corrected chi connectivity index (χ4v) is 4.98. The van der Waals surface area contributed by atoms with Crippen molar-refractivity contribution in [3.05, 3.63) is 125 Å². The quantitative estimate of drug-likeness (QED) is 0.164. The average molecular weight is 551 g/mol. The highest BCUT2D eigenvalue weighted by Crippen LogP contribution is 2.43. The second-order valence-electron chi connectivity index (χ2n) is 9.65. The van der Waals surface area contributed by atoms with Crippen molar-refractivity contribution in [1.82, 2.24) is 9.88 Å². The summed E-state index contributed by atoms with van der Waals surface area (Å²) in [7, 11) is 3.04. The number of pyridine rings is 1. The monoisotopic (exact) mass is 550 g/mol. The van der Waals surface area contributed by atoms with Gasteiger partial charge in [-0.15, -0.1) is 0 Å². The van der Waals surface area contributed by atoms with E-state index in [1.54, 1.807) is 54.9 Å². The second kappa shape index (κ2) is 12.0. The Bertz CT molecular complexity index is 1600. The first-order valence-electron chi connectivity index (χ1n) is 13.1. The van der Waals surface area contributed by atoms with Crippen LogP contribution in [-0.2, 0) is 22.7 Å². The van der Waals surface area contributed by atoms with Crippen molar-refractivity contribution in [1.29, 1.82) is 0 Å². The van der Waals surface area contributed by atoms with Gasteiger partial charge in [0.2, 0.25) is 0 Å². The Hall–Kier alpha value is -5.11. The van der Waals surface area contributed by atoms with E-state index in [1.807, 2.05) is 43.3 Å². The maximum absolute atomic E-state index is 13.5. The van der Waals surface area contributed by atoms with E-state index in [-0.39, 0.29) is 17.9 Å². The molecular weight excluding hydrogens is 520 g/mol. The number of methoxy groups -OCH3 is 2. The lowest BCUT2D eigenvalue weighted by molar-refractivity contribution is -0.140. The van der Waals surface area contributed by atoms with Crippen molar-refractivity contribution in [3.63, 3.8) is 0 Å². The largest absolute Gasteiger partial charge is 0.507 e. The molecule has 0 aliphatic carbocycles. The number of likely N-dealkylation sites (tertiary alicyclic amines) is 1. The molecule has 1 aromatic heterocycles. The standard InChI is InChI=1S/C33H30N2O6/c1-21-16-25(41-20-22-8-5-4-6-9-22)12-13-26(21)31(36)29-30(24-11-14-27(39-2)28(17-24)40-3)35(33(38)32(29)37)19-23-10-7-15-34-18-23/h4-18,30,36H,19-20H2,1-3H3/t30-/m0/s1. The van der Waals surface area contributed by atoms with Crippen molar-refractivity contribution in [2.75, 3.05) is 14.2 Å². The maximum atomic E-state index is 13.5. The Morgan fingerprint density at radius 3 is 2.34 bits per heavy atom. The summed E-state index contributed by atoms with van der Waals surface area (Å²) in [4.78, 5) is 32.5. The van der Waals surface area contributed by atoms with Crippen LogP contribution < -0.4 is 14.2 Å². The third-order valence-corrected chi connectivity index (χ3v) is 7.04. The SMILES string of the molecule is COc1ccc([C@H]2C(=C(O)c3ccc(OCc4ccccc4)cc3C)C(=O)C(=O)N2Cc2cccnc2)cc1OC. The van der Waals surface area contributed by atoms with E-state index >= 15 is 0 Å². The Morgan fingerprint density at radius 1 is 0.902 bits per heavy atom. The fourth-order valence-electron chi connectivity index (χ4n) is 4.98. The van der Waals surface area contributed by atoms with E-state index < -0.39 is 17.7 Å². The summed E-state index contributed by atoms with van der Waals surface area (Å²) in [5.74, 6) is -0.179. The molecule has 1 fully saturated rings. The van der Waals surface area contributed by atoms with E-state index in [1.165, 1.54) is 19.1 Å². The molecule has 3 aromatic carbocycles. The number of aryl methyl sites for hydroxylation is 1. The predicted octanol–water partition coefficient (Wildman–Crippen LogP) is 5.61. The van der Waals surface area contributed by atoms with Gasteiger partial charge in [-0.05, 0) is 65.6 Å². The molecule has 0 unspecified atom stereocenters. The molecule has 0 spiro atoms. The van der Waals surface area contributed by atoms with Crippen LogP contribution in [0.1, 0.15) is 33.9 Å². The van der Waals surface area contributed by atoms with Crippen LogP contribution in [0.5, 0.6) is 17.2 Å². The highest BCUT2D eigenvalue weighted by Gasteiger charge is 2.46. The Labute approximate surface area is 238 Å². The summed E-state index contributed by atoms with van der Waals surface area (Å²) in [5.41, 5.74) is 3.48. The van der Waals surface area contributed by atoms with Crippen molar-refractivity contribution >= 4 is 17.4 Å². The van der Waals surface area contributed by atoms with Gasteiger partial charge in [-0.25, -0.2) is 0 Å². The molecule has 4 aromatic rings. The van der Waals surface area contributed by atoms with Crippen LogP contribution in [0.4, 0.5) is 0 Å². The molecule has 1 amide bonds. The topological polar surface area (TPSA) is 98.2 Å². The van der Waals surface area contributed by atoms with E-state index in [2.05, 4.69) is 4.98 Å². The summed E-state index contributed by atoms with van der Waals surface area (Å²) >= 11 is 0. The number of aliphatic hydroxyl groups excluding tert-OH is 1. The minimum Gasteiger partial charge on any atom is -0.507 e. The van der Waals surface area contributed by atoms with Crippen LogP contribution in [0, 0.1) is 6.92 Å². The zero-order valence-corrected chi connectivity index (χ0v) is 23.0. The summed E-state index contributed by atoms with van der Waals surface area (Å²) in [6, 6.07) is 22.9. The number of carbonyl (C=O) groups is 2. The zero-order chi connectivity index (χ0) is 28.9. The first-order valence-corrected chi connectivity index (χ1v) is 13.1. The number of nitrogens with zero attached hydrogens (tertiary/aromatic N) is 2. The number of hydrogen-bond acceptors (Lipinski definition) is 7. The zero-order valence-electron chi connectivity index (χ0n) is 23.0. The predicted molar refractivity (Wildman–Crippen MR) is 154 cm³/mol. The molecule has 0 bridgehead atoms. The van der Waals surface area contributed by atoms with Gasteiger partial charge in [-0.2, -0.15) is 0 Å². The molecule has 2 heterocycles. The first-order chi connectivity index (χ1) is 19.9. The third-order valence-electron chi connectivity index (χ3n) is 7.04. The third kappa shape index (κ3) is 5.63. The lowest BCUT2D eigenvalue weighted by atomic mass is 9.93. The summed E-state index contributed by atoms with van der Waals surface area (Å²) in [6.07, 6.45) is 3.28. The van der Waals surface area contributed by atoms with Crippen LogP contribution in [0.3, 0.4) is 0 Å².